The molecule has 0 aromatic heterocycles. The molecule has 0 N–H and O–H groups in total. The van der Waals surface area contributed by atoms with Crippen LogP contribution < -0.4 is 4.74 Å². The molecule has 4 nitrogen and oxygen atoms in total. The Kier molecular flexibility index (Phi) is 7.14. The predicted octanol–water partition coefficient (Wildman–Crippen LogP) is 5.06. The fourth-order valence-electron chi connectivity index (χ4n) is 3.60. The molecular weight excluding hydrogens is 338 g/mol. The van der Waals surface area contributed by atoms with E-state index in [1.165, 1.54) is 11.1 Å². The van der Waals surface area contributed by atoms with E-state index in [1.54, 1.807) is 0 Å². The molecular formula is C23H29NO3. The second-order valence-corrected chi connectivity index (χ2v) is 6.99. The molecule has 2 aromatic carbocycles. The summed E-state index contributed by atoms with van der Waals surface area (Å²) in [7, 11) is 0. The average molecular weight is 367 g/mol. The Morgan fingerprint density at radius 2 is 1.78 bits per heavy atom. The molecule has 1 heterocycles. The van der Waals surface area contributed by atoms with Gasteiger partial charge in [-0.15, -0.1) is 0 Å². The molecule has 1 fully saturated rings. The van der Waals surface area contributed by atoms with Crippen LogP contribution in [0.15, 0.2) is 54.6 Å². The zero-order chi connectivity index (χ0) is 18.9. The lowest BCUT2D eigenvalue weighted by atomic mass is 10.0. The Bertz CT molecular complexity index is 699. The van der Waals surface area contributed by atoms with Crippen LogP contribution in [0.2, 0.25) is 0 Å². The number of carbonyl (C=O) groups is 1. The van der Waals surface area contributed by atoms with Gasteiger partial charge in [0.1, 0.15) is 5.75 Å². The summed E-state index contributed by atoms with van der Waals surface area (Å²) in [4.78, 5) is 14.0. The molecule has 1 amide bonds. The zero-order valence-electron chi connectivity index (χ0n) is 16.1. The van der Waals surface area contributed by atoms with Crippen molar-refractivity contribution in [2.24, 2.45) is 0 Å². The first-order valence-electron chi connectivity index (χ1n) is 9.95. The van der Waals surface area contributed by atoms with Crippen LogP contribution in [-0.4, -0.2) is 36.8 Å². The highest BCUT2D eigenvalue weighted by Gasteiger charge is 2.27. The van der Waals surface area contributed by atoms with Gasteiger partial charge in [0.15, 0.2) is 0 Å². The van der Waals surface area contributed by atoms with E-state index in [9.17, 15) is 4.79 Å². The molecule has 3 rings (SSSR count). The maximum absolute atomic E-state index is 12.1. The van der Waals surface area contributed by atoms with Gasteiger partial charge in [0, 0.05) is 19.0 Å². The Morgan fingerprint density at radius 1 is 1.04 bits per heavy atom. The van der Waals surface area contributed by atoms with Crippen molar-refractivity contribution in [1.82, 2.24) is 4.90 Å². The fourth-order valence-corrected chi connectivity index (χ4v) is 3.60. The summed E-state index contributed by atoms with van der Waals surface area (Å²) < 4.78 is 11.1. The Morgan fingerprint density at radius 3 is 2.52 bits per heavy atom. The summed E-state index contributed by atoms with van der Waals surface area (Å²) >= 11 is 0. The Labute approximate surface area is 162 Å². The summed E-state index contributed by atoms with van der Waals surface area (Å²) in [5, 5.41) is 0. The van der Waals surface area contributed by atoms with Crippen LogP contribution in [-0.2, 0) is 11.2 Å². The molecule has 0 bridgehead atoms. The second kappa shape index (κ2) is 10.0. The van der Waals surface area contributed by atoms with Crippen molar-refractivity contribution in [3.8, 4) is 5.75 Å². The van der Waals surface area contributed by atoms with Crippen molar-refractivity contribution in [1.29, 1.82) is 0 Å². The van der Waals surface area contributed by atoms with Gasteiger partial charge in [0.05, 0.1) is 13.2 Å². The van der Waals surface area contributed by atoms with Gasteiger partial charge < -0.3 is 14.4 Å². The van der Waals surface area contributed by atoms with E-state index in [0.717, 1.165) is 44.4 Å². The highest BCUT2D eigenvalue weighted by molar-refractivity contribution is 5.68. The maximum Gasteiger partial charge on any atom is 0.409 e. The number of hydrogen-bond acceptors (Lipinski definition) is 3. The smallest absolute Gasteiger partial charge is 0.409 e. The van der Waals surface area contributed by atoms with Gasteiger partial charge in [-0.25, -0.2) is 4.79 Å². The number of hydrogen-bond donors (Lipinski definition) is 0. The maximum atomic E-state index is 12.1. The van der Waals surface area contributed by atoms with Gasteiger partial charge in [-0.3, -0.25) is 0 Å². The minimum Gasteiger partial charge on any atom is -0.494 e. The number of piperidine rings is 1. The summed E-state index contributed by atoms with van der Waals surface area (Å²) in [6.07, 6.45) is 4.82. The minimum atomic E-state index is -0.188. The van der Waals surface area contributed by atoms with Crippen LogP contribution in [0.5, 0.6) is 5.75 Å². The third-order valence-corrected chi connectivity index (χ3v) is 5.02. The molecule has 144 valence electrons. The quantitative estimate of drug-likeness (QED) is 0.687. The Hall–Kier alpha value is -2.49. The van der Waals surface area contributed by atoms with Crippen LogP contribution in [0.4, 0.5) is 4.79 Å². The SMILES string of the molecule is CCOC(=O)N1CCCCC1CCOc1ccc(Cc2ccccc2)cc1. The lowest BCUT2D eigenvalue weighted by molar-refractivity contribution is 0.0702. The first-order chi connectivity index (χ1) is 13.3. The van der Waals surface area contributed by atoms with Crippen molar-refractivity contribution >= 4 is 6.09 Å². The van der Waals surface area contributed by atoms with E-state index >= 15 is 0 Å². The van der Waals surface area contributed by atoms with Crippen LogP contribution >= 0.6 is 0 Å². The van der Waals surface area contributed by atoms with Crippen LogP contribution in [0.25, 0.3) is 0 Å². The van der Waals surface area contributed by atoms with Gasteiger partial charge in [-0.2, -0.15) is 0 Å². The molecule has 1 aliphatic rings. The zero-order valence-corrected chi connectivity index (χ0v) is 16.1. The summed E-state index contributed by atoms with van der Waals surface area (Å²) in [6, 6.07) is 19.0. The van der Waals surface area contributed by atoms with Gasteiger partial charge in [-0.1, -0.05) is 42.5 Å². The number of ether oxygens (including phenoxy) is 2. The monoisotopic (exact) mass is 367 g/mol. The van der Waals surface area contributed by atoms with E-state index in [-0.39, 0.29) is 12.1 Å². The van der Waals surface area contributed by atoms with Crippen molar-refractivity contribution < 1.29 is 14.3 Å². The lowest BCUT2D eigenvalue weighted by Crippen LogP contribution is -2.44. The van der Waals surface area contributed by atoms with Crippen molar-refractivity contribution in [2.45, 2.75) is 45.1 Å². The average Bonchev–Trinajstić information content (AvgIpc) is 2.71. The van der Waals surface area contributed by atoms with E-state index in [2.05, 4.69) is 36.4 Å². The first-order valence-corrected chi connectivity index (χ1v) is 9.95. The largest absolute Gasteiger partial charge is 0.494 e. The second-order valence-electron chi connectivity index (χ2n) is 6.99. The molecule has 0 saturated carbocycles. The molecule has 0 aliphatic carbocycles. The molecule has 0 spiro atoms. The Balaban J connectivity index is 1.47. The van der Waals surface area contributed by atoms with E-state index in [1.807, 2.05) is 30.0 Å². The van der Waals surface area contributed by atoms with E-state index in [4.69, 9.17) is 9.47 Å². The number of rotatable bonds is 7. The number of benzene rings is 2. The molecule has 2 aromatic rings. The third kappa shape index (κ3) is 5.75. The molecule has 1 aliphatic heterocycles. The number of nitrogens with zero attached hydrogens (tertiary/aromatic N) is 1. The summed E-state index contributed by atoms with van der Waals surface area (Å²) in [5.74, 6) is 0.880. The van der Waals surface area contributed by atoms with Crippen molar-refractivity contribution in [3.05, 3.63) is 65.7 Å². The number of amides is 1. The van der Waals surface area contributed by atoms with E-state index in [0.29, 0.717) is 13.2 Å². The third-order valence-electron chi connectivity index (χ3n) is 5.02. The predicted molar refractivity (Wildman–Crippen MR) is 107 cm³/mol. The van der Waals surface area contributed by atoms with Crippen molar-refractivity contribution in [2.75, 3.05) is 19.8 Å². The molecule has 27 heavy (non-hydrogen) atoms. The first kappa shape index (κ1) is 19.3. The standard InChI is InChI=1S/C23H29NO3/c1-2-26-23(25)24-16-7-6-10-21(24)15-17-27-22-13-11-20(12-14-22)18-19-8-4-3-5-9-19/h3-5,8-9,11-14,21H,2,6-7,10,15-18H2,1H3. The highest BCUT2D eigenvalue weighted by Crippen LogP contribution is 2.22. The number of carbonyl (C=O) groups excluding carboxylic acids is 1. The van der Waals surface area contributed by atoms with Crippen molar-refractivity contribution in [3.63, 3.8) is 0 Å². The number of likely N-dealkylation sites (tertiary alicyclic amines) is 1. The summed E-state index contributed by atoms with van der Waals surface area (Å²) in [6.45, 7) is 3.67. The molecule has 1 saturated heterocycles. The van der Waals surface area contributed by atoms with E-state index < -0.39 is 0 Å². The molecule has 0 radical (unpaired) electrons. The molecule has 1 atom stereocenters. The lowest BCUT2D eigenvalue weighted by Gasteiger charge is -2.34. The van der Waals surface area contributed by atoms with Crippen LogP contribution in [0.1, 0.15) is 43.7 Å². The highest BCUT2D eigenvalue weighted by atomic mass is 16.6. The molecule has 4 heteroatoms. The van der Waals surface area contributed by atoms with Gasteiger partial charge in [0.2, 0.25) is 0 Å². The van der Waals surface area contributed by atoms with Crippen LogP contribution in [0.3, 0.4) is 0 Å². The van der Waals surface area contributed by atoms with Gasteiger partial charge in [-0.05, 0) is 55.9 Å². The fraction of sp³-hybridized carbons (Fsp3) is 0.435. The topological polar surface area (TPSA) is 38.8 Å². The molecule has 1 unspecified atom stereocenters. The summed E-state index contributed by atoms with van der Waals surface area (Å²) in [5.41, 5.74) is 2.58. The van der Waals surface area contributed by atoms with Gasteiger partial charge in [0.25, 0.3) is 0 Å². The normalized spacial score (nSPS) is 16.8. The minimum absolute atomic E-state index is 0.188. The van der Waals surface area contributed by atoms with Crippen LogP contribution in [0, 0.1) is 0 Å². The van der Waals surface area contributed by atoms with Gasteiger partial charge >= 0.3 is 6.09 Å².